The first-order chi connectivity index (χ1) is 6.08. The molecule has 0 saturated heterocycles. The molecule has 3 atom stereocenters. The van der Waals surface area contributed by atoms with Crippen molar-refractivity contribution in [3.8, 4) is 0 Å². The van der Waals surface area contributed by atoms with Gasteiger partial charge >= 0.3 is 0 Å². The molecule has 2 aliphatic rings. The molecule has 13 heavy (non-hydrogen) atoms. The van der Waals surface area contributed by atoms with E-state index in [1.165, 1.54) is 32.1 Å². The van der Waals surface area contributed by atoms with E-state index in [2.05, 4.69) is 26.1 Å². The zero-order chi connectivity index (χ0) is 9.47. The third-order valence-corrected chi connectivity index (χ3v) is 3.89. The van der Waals surface area contributed by atoms with Crippen LogP contribution in [0.1, 0.15) is 52.9 Å². The fraction of sp³-hybridized carbons (Fsp3) is 1.00. The first-order valence-corrected chi connectivity index (χ1v) is 5.84. The average molecular weight is 181 g/mol. The third-order valence-electron chi connectivity index (χ3n) is 3.89. The molecule has 3 unspecified atom stereocenters. The average Bonchev–Trinajstić information content (AvgIpc) is 2.58. The second-order valence-electron chi connectivity index (χ2n) is 5.88. The Morgan fingerprint density at radius 1 is 1.23 bits per heavy atom. The molecule has 1 nitrogen and oxygen atoms in total. The van der Waals surface area contributed by atoms with Gasteiger partial charge in [-0.3, -0.25) is 0 Å². The molecule has 0 spiro atoms. The zero-order valence-corrected chi connectivity index (χ0v) is 9.27. The van der Waals surface area contributed by atoms with E-state index in [-0.39, 0.29) is 0 Å². The van der Waals surface area contributed by atoms with Crippen molar-refractivity contribution in [2.24, 2.45) is 11.3 Å². The molecule has 0 bridgehead atoms. The quantitative estimate of drug-likeness (QED) is 0.690. The second kappa shape index (κ2) is 3.27. The zero-order valence-electron chi connectivity index (χ0n) is 9.27. The summed E-state index contributed by atoms with van der Waals surface area (Å²) in [6.45, 7) is 7.14. The summed E-state index contributed by atoms with van der Waals surface area (Å²) in [6, 6.07) is 1.65. The largest absolute Gasteiger partial charge is 0.311 e. The molecule has 0 amide bonds. The summed E-state index contributed by atoms with van der Waals surface area (Å²) in [5, 5.41) is 3.81. The molecule has 1 N–H and O–H groups in total. The highest BCUT2D eigenvalue weighted by atomic mass is 15.0. The SMILES string of the molecule is CC1CCCC(NC2CC2(C)C)C1. The molecular formula is C12H23N. The molecule has 1 heteroatoms. The maximum Gasteiger partial charge on any atom is 0.0127 e. The van der Waals surface area contributed by atoms with E-state index >= 15 is 0 Å². The van der Waals surface area contributed by atoms with Crippen LogP contribution in [-0.2, 0) is 0 Å². The highest BCUT2D eigenvalue weighted by Gasteiger charge is 2.46. The summed E-state index contributed by atoms with van der Waals surface area (Å²) in [4.78, 5) is 0. The van der Waals surface area contributed by atoms with Crippen LogP contribution in [0.15, 0.2) is 0 Å². The van der Waals surface area contributed by atoms with Gasteiger partial charge in [-0.2, -0.15) is 0 Å². The van der Waals surface area contributed by atoms with Gasteiger partial charge in [-0.15, -0.1) is 0 Å². The van der Waals surface area contributed by atoms with Crippen LogP contribution in [0.25, 0.3) is 0 Å². The van der Waals surface area contributed by atoms with Gasteiger partial charge < -0.3 is 5.32 Å². The van der Waals surface area contributed by atoms with Crippen LogP contribution in [-0.4, -0.2) is 12.1 Å². The summed E-state index contributed by atoms with van der Waals surface area (Å²) in [7, 11) is 0. The highest BCUT2D eigenvalue weighted by molar-refractivity contribution is 5.03. The highest BCUT2D eigenvalue weighted by Crippen LogP contribution is 2.45. The molecule has 2 aliphatic carbocycles. The Morgan fingerprint density at radius 2 is 1.92 bits per heavy atom. The number of hydrogen-bond donors (Lipinski definition) is 1. The maximum absolute atomic E-state index is 3.81. The molecule has 0 radical (unpaired) electrons. The monoisotopic (exact) mass is 181 g/mol. The van der Waals surface area contributed by atoms with Crippen LogP contribution in [0.3, 0.4) is 0 Å². The van der Waals surface area contributed by atoms with Crippen LogP contribution < -0.4 is 5.32 Å². The standard InChI is InChI=1S/C12H23N/c1-9-5-4-6-10(7-9)13-11-8-12(11,2)3/h9-11,13H,4-8H2,1-3H3. The smallest absolute Gasteiger partial charge is 0.0127 e. The van der Waals surface area contributed by atoms with E-state index in [1.54, 1.807) is 0 Å². The van der Waals surface area contributed by atoms with Crippen molar-refractivity contribution in [1.82, 2.24) is 5.32 Å². The summed E-state index contributed by atoms with van der Waals surface area (Å²) >= 11 is 0. The summed E-state index contributed by atoms with van der Waals surface area (Å²) in [6.07, 6.45) is 7.10. The number of nitrogens with one attached hydrogen (secondary N) is 1. The van der Waals surface area contributed by atoms with Gasteiger partial charge in [0, 0.05) is 12.1 Å². The Labute approximate surface area is 82.3 Å². The third kappa shape index (κ3) is 2.25. The van der Waals surface area contributed by atoms with E-state index in [0.717, 1.165) is 18.0 Å². The van der Waals surface area contributed by atoms with Gasteiger partial charge in [-0.25, -0.2) is 0 Å². The predicted octanol–water partition coefficient (Wildman–Crippen LogP) is 2.95. The van der Waals surface area contributed by atoms with Gasteiger partial charge in [0.25, 0.3) is 0 Å². The Bertz CT molecular complexity index is 186. The fourth-order valence-electron chi connectivity index (χ4n) is 2.62. The normalized spacial score (nSPS) is 43.2. The van der Waals surface area contributed by atoms with Crippen molar-refractivity contribution in [3.05, 3.63) is 0 Å². The Balaban J connectivity index is 1.76. The Morgan fingerprint density at radius 3 is 2.46 bits per heavy atom. The van der Waals surface area contributed by atoms with Crippen molar-refractivity contribution in [3.63, 3.8) is 0 Å². The van der Waals surface area contributed by atoms with Gasteiger partial charge in [-0.05, 0) is 30.6 Å². The molecule has 0 aliphatic heterocycles. The maximum atomic E-state index is 3.81. The molecule has 2 fully saturated rings. The molecule has 0 aromatic heterocycles. The minimum Gasteiger partial charge on any atom is -0.311 e. The van der Waals surface area contributed by atoms with Crippen LogP contribution in [0.4, 0.5) is 0 Å². The molecular weight excluding hydrogens is 158 g/mol. The van der Waals surface area contributed by atoms with Crippen LogP contribution in [0.5, 0.6) is 0 Å². The second-order valence-corrected chi connectivity index (χ2v) is 5.88. The fourth-order valence-corrected chi connectivity index (χ4v) is 2.62. The summed E-state index contributed by atoms with van der Waals surface area (Å²) in [5.41, 5.74) is 0.598. The topological polar surface area (TPSA) is 12.0 Å². The van der Waals surface area contributed by atoms with Crippen LogP contribution >= 0.6 is 0 Å². The molecule has 76 valence electrons. The van der Waals surface area contributed by atoms with Crippen LogP contribution in [0.2, 0.25) is 0 Å². The van der Waals surface area contributed by atoms with Gasteiger partial charge in [0.15, 0.2) is 0 Å². The number of hydrogen-bond acceptors (Lipinski definition) is 1. The van der Waals surface area contributed by atoms with Crippen molar-refractivity contribution in [2.75, 3.05) is 0 Å². The Hall–Kier alpha value is -0.0400. The minimum absolute atomic E-state index is 0.598. The van der Waals surface area contributed by atoms with Gasteiger partial charge in [0.1, 0.15) is 0 Å². The molecule has 2 rings (SSSR count). The van der Waals surface area contributed by atoms with E-state index in [4.69, 9.17) is 0 Å². The van der Waals surface area contributed by atoms with Crippen molar-refractivity contribution in [2.45, 2.75) is 65.0 Å². The molecule has 2 saturated carbocycles. The number of rotatable bonds is 2. The molecule has 0 aromatic carbocycles. The first-order valence-electron chi connectivity index (χ1n) is 5.84. The van der Waals surface area contributed by atoms with E-state index in [0.29, 0.717) is 5.41 Å². The van der Waals surface area contributed by atoms with E-state index < -0.39 is 0 Å². The molecule has 0 heterocycles. The van der Waals surface area contributed by atoms with Crippen molar-refractivity contribution in [1.29, 1.82) is 0 Å². The minimum atomic E-state index is 0.598. The van der Waals surface area contributed by atoms with Gasteiger partial charge in [-0.1, -0.05) is 33.6 Å². The van der Waals surface area contributed by atoms with Gasteiger partial charge in [0.05, 0.1) is 0 Å². The Kier molecular flexibility index (Phi) is 2.39. The lowest BCUT2D eigenvalue weighted by molar-refractivity contribution is 0.292. The molecule has 0 aromatic rings. The predicted molar refractivity (Wildman–Crippen MR) is 56.7 cm³/mol. The van der Waals surface area contributed by atoms with E-state index in [9.17, 15) is 0 Å². The summed E-state index contributed by atoms with van der Waals surface area (Å²) < 4.78 is 0. The first kappa shape index (κ1) is 9.51. The lowest BCUT2D eigenvalue weighted by atomic mass is 9.87. The lowest BCUT2D eigenvalue weighted by Gasteiger charge is -2.28. The van der Waals surface area contributed by atoms with E-state index in [1.807, 2.05) is 0 Å². The summed E-state index contributed by atoms with van der Waals surface area (Å²) in [5.74, 6) is 0.952. The van der Waals surface area contributed by atoms with Crippen molar-refractivity contribution < 1.29 is 0 Å². The lowest BCUT2D eigenvalue weighted by Crippen LogP contribution is -2.36. The van der Waals surface area contributed by atoms with Gasteiger partial charge in [0.2, 0.25) is 0 Å². The van der Waals surface area contributed by atoms with Crippen LogP contribution in [0, 0.1) is 11.3 Å². The van der Waals surface area contributed by atoms with Crippen molar-refractivity contribution >= 4 is 0 Å².